The Balaban J connectivity index is 1.09. The van der Waals surface area contributed by atoms with E-state index < -0.39 is 0 Å². The fraction of sp³-hybridized carbons (Fsp3) is 0.333. The van der Waals surface area contributed by atoms with Gasteiger partial charge in [-0.05, 0) is 48.4 Å². The molecule has 5 rings (SSSR count). The molecule has 32 heavy (non-hydrogen) atoms. The Hall–Kier alpha value is -2.97. The Labute approximate surface area is 190 Å². The molecule has 1 fully saturated rings. The van der Waals surface area contributed by atoms with E-state index in [1.54, 1.807) is 23.5 Å². The van der Waals surface area contributed by atoms with Gasteiger partial charge in [0, 0.05) is 50.1 Å². The number of ether oxygens (including phenoxy) is 2. The first-order valence-corrected chi connectivity index (χ1v) is 11.6. The molecule has 1 amide bonds. The number of rotatable bonds is 6. The molecule has 0 bridgehead atoms. The van der Waals surface area contributed by atoms with Crippen LogP contribution in [0.15, 0.2) is 47.8 Å². The fourth-order valence-corrected chi connectivity index (χ4v) is 4.81. The molecule has 0 saturated carbocycles. The van der Waals surface area contributed by atoms with Gasteiger partial charge in [-0.3, -0.25) is 9.69 Å². The number of thiazole rings is 1. The standard InChI is InChI=1S/C24H24FN3O3S/c25-19-5-3-18(4-6-19)24-26-20(15-32-24)14-27-9-11-28(12-10-27)23(29)8-2-17-1-7-21-22(13-17)31-16-30-21/h1,3-7,13,15H,2,8-12,14,16H2. The number of piperazine rings is 1. The molecule has 0 spiro atoms. The molecule has 0 atom stereocenters. The highest BCUT2D eigenvalue weighted by molar-refractivity contribution is 7.13. The zero-order valence-electron chi connectivity index (χ0n) is 17.6. The van der Waals surface area contributed by atoms with Gasteiger partial charge in [-0.15, -0.1) is 11.3 Å². The minimum atomic E-state index is -0.242. The van der Waals surface area contributed by atoms with Gasteiger partial charge in [0.05, 0.1) is 5.69 Å². The van der Waals surface area contributed by atoms with Crippen molar-refractivity contribution >= 4 is 17.2 Å². The molecule has 166 valence electrons. The van der Waals surface area contributed by atoms with Crippen molar-refractivity contribution in [1.82, 2.24) is 14.8 Å². The van der Waals surface area contributed by atoms with Crippen LogP contribution in [0.5, 0.6) is 11.5 Å². The van der Waals surface area contributed by atoms with E-state index in [1.807, 2.05) is 23.1 Å². The van der Waals surface area contributed by atoms with Crippen molar-refractivity contribution < 1.29 is 18.7 Å². The summed E-state index contributed by atoms with van der Waals surface area (Å²) in [5.41, 5.74) is 3.03. The average molecular weight is 454 g/mol. The quantitative estimate of drug-likeness (QED) is 0.566. The first kappa shape index (κ1) is 20.9. The number of aromatic nitrogens is 1. The summed E-state index contributed by atoms with van der Waals surface area (Å²) in [5.74, 6) is 1.47. The number of halogens is 1. The lowest BCUT2D eigenvalue weighted by molar-refractivity contribution is -0.133. The number of carbonyl (C=O) groups is 1. The number of amides is 1. The zero-order chi connectivity index (χ0) is 21.9. The number of aryl methyl sites for hydroxylation is 1. The van der Waals surface area contributed by atoms with Gasteiger partial charge >= 0.3 is 0 Å². The van der Waals surface area contributed by atoms with Gasteiger partial charge in [-0.1, -0.05) is 6.07 Å². The monoisotopic (exact) mass is 453 g/mol. The molecule has 0 N–H and O–H groups in total. The normalized spacial score (nSPS) is 15.8. The van der Waals surface area contributed by atoms with Gasteiger partial charge in [0.1, 0.15) is 10.8 Å². The van der Waals surface area contributed by atoms with Crippen LogP contribution in [-0.2, 0) is 17.8 Å². The Bertz CT molecular complexity index is 1090. The van der Waals surface area contributed by atoms with Crippen LogP contribution in [0.3, 0.4) is 0 Å². The Morgan fingerprint density at radius 1 is 1.03 bits per heavy atom. The van der Waals surface area contributed by atoms with Gasteiger partial charge in [0.2, 0.25) is 12.7 Å². The number of fused-ring (bicyclic) bond motifs is 1. The molecule has 2 aliphatic rings. The lowest BCUT2D eigenvalue weighted by Gasteiger charge is -2.34. The van der Waals surface area contributed by atoms with Crippen molar-refractivity contribution in [3.05, 3.63) is 64.9 Å². The maximum Gasteiger partial charge on any atom is 0.231 e. The summed E-state index contributed by atoms with van der Waals surface area (Å²) in [4.78, 5) is 21.6. The van der Waals surface area contributed by atoms with Crippen LogP contribution in [-0.4, -0.2) is 53.7 Å². The summed E-state index contributed by atoms with van der Waals surface area (Å²) in [6.07, 6.45) is 1.19. The molecule has 2 aliphatic heterocycles. The van der Waals surface area contributed by atoms with E-state index in [0.29, 0.717) is 12.8 Å². The van der Waals surface area contributed by atoms with Crippen LogP contribution in [0.4, 0.5) is 4.39 Å². The fourth-order valence-electron chi connectivity index (χ4n) is 3.99. The molecule has 2 aromatic carbocycles. The van der Waals surface area contributed by atoms with E-state index in [2.05, 4.69) is 10.3 Å². The number of benzene rings is 2. The SMILES string of the molecule is O=C(CCc1ccc2c(c1)OCO2)N1CCN(Cc2csc(-c3ccc(F)cc3)n2)CC1. The van der Waals surface area contributed by atoms with Gasteiger partial charge in [-0.25, -0.2) is 9.37 Å². The Kier molecular flexibility index (Phi) is 6.05. The predicted octanol–water partition coefficient (Wildman–Crippen LogP) is 3.95. The third-order valence-electron chi connectivity index (χ3n) is 5.82. The first-order valence-electron chi connectivity index (χ1n) is 10.7. The molecule has 6 nitrogen and oxygen atoms in total. The summed E-state index contributed by atoms with van der Waals surface area (Å²) in [6.45, 7) is 4.15. The second-order valence-electron chi connectivity index (χ2n) is 8.00. The molecular formula is C24H24FN3O3S. The summed E-state index contributed by atoms with van der Waals surface area (Å²) in [7, 11) is 0. The van der Waals surface area contributed by atoms with Crippen molar-refractivity contribution in [1.29, 1.82) is 0 Å². The molecule has 1 saturated heterocycles. The zero-order valence-corrected chi connectivity index (χ0v) is 18.4. The van der Waals surface area contributed by atoms with E-state index in [9.17, 15) is 9.18 Å². The lowest BCUT2D eigenvalue weighted by atomic mass is 10.1. The van der Waals surface area contributed by atoms with Crippen molar-refractivity contribution in [2.75, 3.05) is 33.0 Å². The minimum Gasteiger partial charge on any atom is -0.454 e. The minimum absolute atomic E-state index is 0.189. The number of hydrogen-bond donors (Lipinski definition) is 0. The molecule has 3 aromatic rings. The molecule has 0 radical (unpaired) electrons. The van der Waals surface area contributed by atoms with E-state index in [0.717, 1.165) is 66.1 Å². The second-order valence-corrected chi connectivity index (χ2v) is 8.85. The van der Waals surface area contributed by atoms with Gasteiger partial charge < -0.3 is 14.4 Å². The largest absolute Gasteiger partial charge is 0.454 e. The summed E-state index contributed by atoms with van der Waals surface area (Å²) < 4.78 is 23.9. The molecule has 0 unspecified atom stereocenters. The number of carbonyl (C=O) groups excluding carboxylic acids is 1. The average Bonchev–Trinajstić information content (AvgIpc) is 3.48. The highest BCUT2D eigenvalue weighted by atomic mass is 32.1. The lowest BCUT2D eigenvalue weighted by Crippen LogP contribution is -2.48. The molecule has 1 aromatic heterocycles. The molecular weight excluding hydrogens is 429 g/mol. The van der Waals surface area contributed by atoms with Crippen molar-refractivity contribution in [3.8, 4) is 22.1 Å². The van der Waals surface area contributed by atoms with Crippen molar-refractivity contribution in [2.24, 2.45) is 0 Å². The van der Waals surface area contributed by atoms with Crippen molar-refractivity contribution in [2.45, 2.75) is 19.4 Å². The molecule has 8 heteroatoms. The van der Waals surface area contributed by atoms with Gasteiger partial charge in [0.25, 0.3) is 0 Å². The molecule has 0 aliphatic carbocycles. The summed E-state index contributed by atoms with van der Waals surface area (Å²) >= 11 is 1.57. The molecule has 3 heterocycles. The van der Waals surface area contributed by atoms with E-state index in [-0.39, 0.29) is 18.5 Å². The van der Waals surface area contributed by atoms with Gasteiger partial charge in [0.15, 0.2) is 11.5 Å². The highest BCUT2D eigenvalue weighted by Gasteiger charge is 2.22. The maximum atomic E-state index is 13.1. The van der Waals surface area contributed by atoms with Crippen LogP contribution in [0.1, 0.15) is 17.7 Å². The summed E-state index contributed by atoms with van der Waals surface area (Å²) in [5, 5.41) is 2.96. The van der Waals surface area contributed by atoms with Gasteiger partial charge in [-0.2, -0.15) is 0 Å². The number of hydrogen-bond acceptors (Lipinski definition) is 6. The van der Waals surface area contributed by atoms with Crippen LogP contribution in [0.25, 0.3) is 10.6 Å². The second kappa shape index (κ2) is 9.26. The summed E-state index contributed by atoms with van der Waals surface area (Å²) in [6, 6.07) is 12.3. The topological polar surface area (TPSA) is 54.9 Å². The van der Waals surface area contributed by atoms with Crippen LogP contribution in [0, 0.1) is 5.82 Å². The van der Waals surface area contributed by atoms with E-state index in [4.69, 9.17) is 14.5 Å². The first-order chi connectivity index (χ1) is 15.6. The third-order valence-corrected chi connectivity index (χ3v) is 6.76. The smallest absolute Gasteiger partial charge is 0.231 e. The maximum absolute atomic E-state index is 13.1. The van der Waals surface area contributed by atoms with Crippen molar-refractivity contribution in [3.63, 3.8) is 0 Å². The number of nitrogens with zero attached hydrogens (tertiary/aromatic N) is 3. The van der Waals surface area contributed by atoms with Crippen LogP contribution < -0.4 is 9.47 Å². The predicted molar refractivity (Wildman–Crippen MR) is 120 cm³/mol. The Morgan fingerprint density at radius 2 is 1.81 bits per heavy atom. The van der Waals surface area contributed by atoms with Crippen LogP contribution >= 0.6 is 11.3 Å². The van der Waals surface area contributed by atoms with E-state index in [1.165, 1.54) is 12.1 Å². The Morgan fingerprint density at radius 3 is 2.62 bits per heavy atom. The highest BCUT2D eigenvalue weighted by Crippen LogP contribution is 2.32. The van der Waals surface area contributed by atoms with E-state index >= 15 is 0 Å². The third kappa shape index (κ3) is 4.76. The van der Waals surface area contributed by atoms with Crippen LogP contribution in [0.2, 0.25) is 0 Å².